The summed E-state index contributed by atoms with van der Waals surface area (Å²) in [5.41, 5.74) is 0.128. The molecule has 3 aromatic carbocycles. The second kappa shape index (κ2) is 22.3. The van der Waals surface area contributed by atoms with E-state index in [2.05, 4.69) is 16.7 Å². The lowest BCUT2D eigenvalue weighted by Gasteiger charge is -2.34. The van der Waals surface area contributed by atoms with Crippen molar-refractivity contribution in [3.63, 3.8) is 0 Å². The van der Waals surface area contributed by atoms with E-state index in [1.807, 2.05) is 0 Å². The number of anilines is 1. The Balaban J connectivity index is 1.20. The topological polar surface area (TPSA) is 143 Å². The van der Waals surface area contributed by atoms with Crippen molar-refractivity contribution in [2.75, 3.05) is 24.8 Å². The minimum absolute atomic E-state index is 0.0587. The first-order chi connectivity index (χ1) is 31.3. The number of esters is 3. The number of hydrazone groups is 1. The van der Waals surface area contributed by atoms with Gasteiger partial charge in [0.05, 0.1) is 48.0 Å². The van der Waals surface area contributed by atoms with Crippen LogP contribution in [0.4, 0.5) is 44.6 Å². The van der Waals surface area contributed by atoms with Crippen LogP contribution in [0, 0.1) is 11.8 Å². The SMILES string of the molecule is C=CC(=O)OCCCCCCOc1ccc(OC(=O)C2CCC(C(=O)Oc3ccc(OC=O)cc3/C=N/N(CCC(F)(F)C(F)(F)C(F)(F)C(F)(F)F)c3nc4ccccc4s3)CC2)cc1. The van der Waals surface area contributed by atoms with E-state index < -0.39 is 66.7 Å². The normalized spacial score (nSPS) is 15.8. The summed E-state index contributed by atoms with van der Waals surface area (Å²) in [4.78, 5) is 52.8. The second-order valence-corrected chi connectivity index (χ2v) is 15.9. The summed E-state index contributed by atoms with van der Waals surface area (Å²) >= 11 is 0.798. The number of rotatable bonds is 23. The van der Waals surface area contributed by atoms with Gasteiger partial charge >= 0.3 is 41.9 Å². The summed E-state index contributed by atoms with van der Waals surface area (Å²) in [6, 6.07) is 16.2. The lowest BCUT2D eigenvalue weighted by atomic mass is 9.82. The number of aromatic nitrogens is 1. The third kappa shape index (κ3) is 13.0. The van der Waals surface area contributed by atoms with E-state index in [-0.39, 0.29) is 65.6 Å². The number of thiazole rings is 1. The van der Waals surface area contributed by atoms with Crippen molar-refractivity contribution in [2.45, 2.75) is 81.7 Å². The van der Waals surface area contributed by atoms with Crippen molar-refractivity contribution in [1.82, 2.24) is 4.98 Å². The van der Waals surface area contributed by atoms with Crippen LogP contribution < -0.4 is 24.0 Å². The molecule has 1 aromatic heterocycles. The van der Waals surface area contributed by atoms with E-state index in [4.69, 9.17) is 23.7 Å². The van der Waals surface area contributed by atoms with Crippen molar-refractivity contribution in [3.8, 4) is 23.0 Å². The predicted molar refractivity (Wildman–Crippen MR) is 221 cm³/mol. The molecule has 0 bridgehead atoms. The molecule has 0 spiro atoms. The number of fused-ring (bicyclic) bond motifs is 1. The summed E-state index contributed by atoms with van der Waals surface area (Å²) in [5, 5.41) is 4.32. The molecule has 1 heterocycles. The Morgan fingerprint density at radius 1 is 0.773 bits per heavy atom. The van der Waals surface area contributed by atoms with Gasteiger partial charge < -0.3 is 23.7 Å². The Morgan fingerprint density at radius 2 is 1.38 bits per heavy atom. The molecule has 0 atom stereocenters. The van der Waals surface area contributed by atoms with Crippen LogP contribution in [0.2, 0.25) is 0 Å². The van der Waals surface area contributed by atoms with Crippen molar-refractivity contribution in [3.05, 3.63) is 84.9 Å². The molecule has 0 unspecified atom stereocenters. The fourth-order valence-electron chi connectivity index (χ4n) is 6.50. The molecular formula is C44H42F9N3O9S. The van der Waals surface area contributed by atoms with Gasteiger partial charge in [0.25, 0.3) is 6.47 Å². The molecular weight excluding hydrogens is 918 g/mol. The average molecular weight is 960 g/mol. The number of carbonyl (C=O) groups is 4. The van der Waals surface area contributed by atoms with Crippen LogP contribution >= 0.6 is 11.3 Å². The monoisotopic (exact) mass is 959 g/mol. The van der Waals surface area contributed by atoms with Gasteiger partial charge in [0.1, 0.15) is 23.0 Å². The number of nitrogens with zero attached hydrogens (tertiary/aromatic N) is 3. The molecule has 0 amide bonds. The molecule has 22 heteroatoms. The molecule has 0 radical (unpaired) electrons. The fraction of sp³-hybridized carbons (Fsp3) is 0.409. The molecule has 1 saturated carbocycles. The number of unbranched alkanes of at least 4 members (excludes halogenated alkanes) is 3. The largest absolute Gasteiger partial charge is 0.494 e. The first kappa shape index (κ1) is 50.8. The molecule has 0 aliphatic heterocycles. The van der Waals surface area contributed by atoms with Crippen LogP contribution in [0.5, 0.6) is 23.0 Å². The molecule has 0 N–H and O–H groups in total. The maximum atomic E-state index is 14.7. The number of hydrogen-bond acceptors (Lipinski definition) is 13. The van der Waals surface area contributed by atoms with Crippen LogP contribution in [0.25, 0.3) is 10.2 Å². The highest BCUT2D eigenvalue weighted by Crippen LogP contribution is 2.54. The van der Waals surface area contributed by atoms with Gasteiger partial charge in [-0.05, 0) is 106 Å². The Hall–Kier alpha value is -6.19. The lowest BCUT2D eigenvalue weighted by molar-refractivity contribution is -0.396. The van der Waals surface area contributed by atoms with Crippen molar-refractivity contribution in [1.29, 1.82) is 0 Å². The zero-order valence-corrected chi connectivity index (χ0v) is 35.6. The highest BCUT2D eigenvalue weighted by Gasteiger charge is 2.81. The summed E-state index contributed by atoms with van der Waals surface area (Å²) in [6.07, 6.45) is -3.12. The van der Waals surface area contributed by atoms with Crippen LogP contribution in [0.3, 0.4) is 0 Å². The van der Waals surface area contributed by atoms with Gasteiger partial charge in [0.2, 0.25) is 5.13 Å². The van der Waals surface area contributed by atoms with Crippen LogP contribution in [0.15, 0.2) is 84.5 Å². The lowest BCUT2D eigenvalue weighted by Crippen LogP contribution is -2.61. The Bertz CT molecular complexity index is 2300. The number of benzene rings is 3. The quantitative estimate of drug-likeness (QED) is 0.0102. The summed E-state index contributed by atoms with van der Waals surface area (Å²) < 4.78 is 151. The summed E-state index contributed by atoms with van der Waals surface area (Å²) in [7, 11) is 0. The zero-order valence-electron chi connectivity index (χ0n) is 34.8. The van der Waals surface area contributed by atoms with Crippen LogP contribution in [-0.2, 0) is 23.9 Å². The van der Waals surface area contributed by atoms with Gasteiger partial charge in [-0.25, -0.2) is 14.8 Å². The minimum Gasteiger partial charge on any atom is -0.494 e. The third-order valence-electron chi connectivity index (χ3n) is 10.2. The molecule has 1 fully saturated rings. The third-order valence-corrected chi connectivity index (χ3v) is 11.3. The van der Waals surface area contributed by atoms with E-state index in [0.29, 0.717) is 28.7 Å². The molecule has 4 aromatic rings. The first-order valence-corrected chi connectivity index (χ1v) is 21.1. The van der Waals surface area contributed by atoms with E-state index in [1.165, 1.54) is 18.2 Å². The molecule has 1 aliphatic carbocycles. The number of halogens is 9. The number of carbonyl (C=O) groups excluding carboxylic acids is 4. The summed E-state index contributed by atoms with van der Waals surface area (Å²) in [6.45, 7) is 2.81. The van der Waals surface area contributed by atoms with Gasteiger partial charge in [-0.2, -0.15) is 44.6 Å². The van der Waals surface area contributed by atoms with Gasteiger partial charge in [0, 0.05) is 18.1 Å². The maximum absolute atomic E-state index is 14.7. The van der Waals surface area contributed by atoms with Crippen LogP contribution in [-0.4, -0.2) is 79.3 Å². The Morgan fingerprint density at radius 3 is 2.00 bits per heavy atom. The summed E-state index contributed by atoms with van der Waals surface area (Å²) in [5.74, 6) is -22.3. The first-order valence-electron chi connectivity index (χ1n) is 20.3. The van der Waals surface area contributed by atoms with Crippen LogP contribution in [0.1, 0.15) is 63.4 Å². The van der Waals surface area contributed by atoms with Crippen molar-refractivity contribution >= 4 is 57.3 Å². The molecule has 5 rings (SSSR count). The van der Waals surface area contributed by atoms with Gasteiger partial charge in [0.15, 0.2) is 0 Å². The average Bonchev–Trinajstić information content (AvgIpc) is 3.72. The van der Waals surface area contributed by atoms with Gasteiger partial charge in [-0.1, -0.05) is 30.0 Å². The molecule has 66 heavy (non-hydrogen) atoms. The smallest absolute Gasteiger partial charge is 0.460 e. The molecule has 1 aliphatic rings. The highest BCUT2D eigenvalue weighted by molar-refractivity contribution is 7.22. The van der Waals surface area contributed by atoms with Gasteiger partial charge in [-0.3, -0.25) is 14.4 Å². The van der Waals surface area contributed by atoms with Crippen molar-refractivity contribution in [2.24, 2.45) is 16.9 Å². The molecule has 12 nitrogen and oxygen atoms in total. The van der Waals surface area contributed by atoms with E-state index in [0.717, 1.165) is 55.4 Å². The zero-order chi connectivity index (χ0) is 48.1. The van der Waals surface area contributed by atoms with Gasteiger partial charge in [-0.15, -0.1) is 0 Å². The fourth-order valence-corrected chi connectivity index (χ4v) is 7.45. The van der Waals surface area contributed by atoms with E-state index in [1.54, 1.807) is 42.5 Å². The standard InChI is InChI=1S/C44H42F9N3O9S/c1-2-37(58)62-24-8-4-3-7-23-61-31-15-17-32(18-16-31)64-38(59)28-11-13-29(14-12-28)39(60)65-35-20-19-33(63-27-57)25-30(35)26-54-56(40-55-34-9-5-6-10-36(34)66-40)22-21-41(45,46)42(47,48)43(49,50)44(51,52)53/h2,5-6,9-10,15-20,25-29H,1,3-4,7-8,11-14,21-24H2/b54-26+. The number of hydrogen-bond donors (Lipinski definition) is 0. The number of ether oxygens (including phenoxy) is 5. The Labute approximate surface area is 375 Å². The molecule has 0 saturated heterocycles. The maximum Gasteiger partial charge on any atom is 0.460 e. The second-order valence-electron chi connectivity index (χ2n) is 14.8. The highest BCUT2D eigenvalue weighted by atomic mass is 32.1. The Kier molecular flexibility index (Phi) is 17.2. The molecule has 356 valence electrons. The van der Waals surface area contributed by atoms with Crippen molar-refractivity contribution < 1.29 is 82.4 Å². The van der Waals surface area contributed by atoms with E-state index >= 15 is 0 Å². The van der Waals surface area contributed by atoms with E-state index in [9.17, 15) is 58.7 Å². The predicted octanol–water partition coefficient (Wildman–Crippen LogP) is 10.5. The number of para-hydroxylation sites is 1. The number of alkyl halides is 9. The minimum atomic E-state index is -7.09.